The summed E-state index contributed by atoms with van der Waals surface area (Å²) in [6, 6.07) is 26.3. The Labute approximate surface area is 169 Å². The average molecular weight is 382 g/mol. The highest BCUT2D eigenvalue weighted by Crippen LogP contribution is 2.21. The number of para-hydroxylation sites is 2. The molecule has 0 unspecified atom stereocenters. The first-order chi connectivity index (χ1) is 14.3. The van der Waals surface area contributed by atoms with Crippen LogP contribution in [0.1, 0.15) is 10.4 Å². The van der Waals surface area contributed by atoms with Crippen LogP contribution in [0.2, 0.25) is 0 Å². The Morgan fingerprint density at radius 2 is 1.41 bits per heavy atom. The minimum Gasteiger partial charge on any atom is -0.368 e. The van der Waals surface area contributed by atoms with Crippen molar-refractivity contribution in [1.82, 2.24) is 14.5 Å². The number of carbonyl (C=O) groups is 1. The number of anilines is 1. The third-order valence-corrected chi connectivity index (χ3v) is 5.52. The second-order valence-corrected chi connectivity index (χ2v) is 7.27. The van der Waals surface area contributed by atoms with Crippen LogP contribution in [0.15, 0.2) is 85.2 Å². The molecule has 5 rings (SSSR count). The van der Waals surface area contributed by atoms with Gasteiger partial charge >= 0.3 is 0 Å². The lowest BCUT2D eigenvalue weighted by atomic mass is 10.1. The van der Waals surface area contributed by atoms with E-state index < -0.39 is 0 Å². The predicted octanol–water partition coefficient (Wildman–Crippen LogP) is 3.99. The summed E-state index contributed by atoms with van der Waals surface area (Å²) in [6.07, 6.45) is 1.81. The molecule has 0 bridgehead atoms. The first-order valence-electron chi connectivity index (χ1n) is 9.91. The zero-order chi connectivity index (χ0) is 19.6. The van der Waals surface area contributed by atoms with Crippen LogP contribution in [0.5, 0.6) is 0 Å². The van der Waals surface area contributed by atoms with Crippen LogP contribution < -0.4 is 4.90 Å². The van der Waals surface area contributed by atoms with Gasteiger partial charge in [0.05, 0.1) is 11.0 Å². The van der Waals surface area contributed by atoms with Gasteiger partial charge in [-0.05, 0) is 42.5 Å². The molecule has 5 heteroatoms. The molecule has 2 heterocycles. The minimum absolute atomic E-state index is 0.0777. The summed E-state index contributed by atoms with van der Waals surface area (Å²) in [5.41, 5.74) is 4.81. The van der Waals surface area contributed by atoms with E-state index in [1.807, 2.05) is 70.4 Å². The fraction of sp³-hybridized carbons (Fsp3) is 0.167. The Morgan fingerprint density at radius 1 is 0.759 bits per heavy atom. The summed E-state index contributed by atoms with van der Waals surface area (Å²) in [5, 5.41) is 0. The van der Waals surface area contributed by atoms with E-state index in [1.54, 1.807) is 0 Å². The molecule has 1 aromatic heterocycles. The summed E-state index contributed by atoms with van der Waals surface area (Å²) in [6.45, 7) is 3.15. The molecule has 0 spiro atoms. The fourth-order valence-electron chi connectivity index (χ4n) is 3.93. The second kappa shape index (κ2) is 7.43. The number of carbonyl (C=O) groups excluding carboxylic acids is 1. The summed E-state index contributed by atoms with van der Waals surface area (Å²) in [4.78, 5) is 21.8. The van der Waals surface area contributed by atoms with Crippen molar-refractivity contribution in [3.8, 4) is 5.69 Å². The number of imidazole rings is 1. The molecule has 144 valence electrons. The zero-order valence-electron chi connectivity index (χ0n) is 16.1. The number of hydrogen-bond acceptors (Lipinski definition) is 3. The molecule has 1 aliphatic heterocycles. The maximum Gasteiger partial charge on any atom is 0.254 e. The number of hydrogen-bond donors (Lipinski definition) is 0. The predicted molar refractivity (Wildman–Crippen MR) is 116 cm³/mol. The van der Waals surface area contributed by atoms with Crippen LogP contribution in [0.3, 0.4) is 0 Å². The molecule has 0 N–H and O–H groups in total. The molecule has 1 aliphatic rings. The van der Waals surface area contributed by atoms with Gasteiger partial charge in [-0.15, -0.1) is 0 Å². The van der Waals surface area contributed by atoms with Crippen molar-refractivity contribution in [1.29, 1.82) is 0 Å². The smallest absolute Gasteiger partial charge is 0.254 e. The van der Waals surface area contributed by atoms with Crippen molar-refractivity contribution in [2.75, 3.05) is 31.1 Å². The van der Waals surface area contributed by atoms with Crippen molar-refractivity contribution in [2.45, 2.75) is 0 Å². The average Bonchev–Trinajstić information content (AvgIpc) is 3.23. The molecular formula is C24H22N4O. The van der Waals surface area contributed by atoms with Gasteiger partial charge in [-0.1, -0.05) is 36.4 Å². The van der Waals surface area contributed by atoms with Gasteiger partial charge in [0.15, 0.2) is 0 Å². The first kappa shape index (κ1) is 17.5. The summed E-state index contributed by atoms with van der Waals surface area (Å²) in [7, 11) is 0. The van der Waals surface area contributed by atoms with E-state index in [1.165, 1.54) is 5.69 Å². The molecule has 1 fully saturated rings. The molecule has 0 saturated carbocycles. The summed E-state index contributed by atoms with van der Waals surface area (Å²) < 4.78 is 2.04. The van der Waals surface area contributed by atoms with Crippen LogP contribution in [0.25, 0.3) is 16.7 Å². The molecule has 1 amide bonds. The SMILES string of the molecule is O=C(c1ccc2c(c1)ncn2-c1ccccc1)N1CCN(c2ccccc2)CC1. The fourth-order valence-corrected chi connectivity index (χ4v) is 3.93. The maximum absolute atomic E-state index is 13.0. The number of rotatable bonds is 3. The lowest BCUT2D eigenvalue weighted by Gasteiger charge is -2.36. The molecular weight excluding hydrogens is 360 g/mol. The van der Waals surface area contributed by atoms with E-state index in [4.69, 9.17) is 0 Å². The zero-order valence-corrected chi connectivity index (χ0v) is 16.1. The minimum atomic E-state index is 0.0777. The topological polar surface area (TPSA) is 41.4 Å². The van der Waals surface area contributed by atoms with Crippen molar-refractivity contribution in [3.63, 3.8) is 0 Å². The van der Waals surface area contributed by atoms with Crippen LogP contribution in [0, 0.1) is 0 Å². The van der Waals surface area contributed by atoms with Gasteiger partial charge in [-0.2, -0.15) is 0 Å². The molecule has 0 aliphatic carbocycles. The molecule has 0 radical (unpaired) electrons. The number of benzene rings is 3. The van der Waals surface area contributed by atoms with Gasteiger partial charge in [-0.3, -0.25) is 9.36 Å². The molecule has 4 aromatic rings. The van der Waals surface area contributed by atoms with Crippen molar-refractivity contribution < 1.29 is 4.79 Å². The molecule has 1 saturated heterocycles. The van der Waals surface area contributed by atoms with Crippen LogP contribution in [0.4, 0.5) is 5.69 Å². The lowest BCUT2D eigenvalue weighted by Crippen LogP contribution is -2.48. The van der Waals surface area contributed by atoms with Crippen molar-refractivity contribution >= 4 is 22.6 Å². The van der Waals surface area contributed by atoms with E-state index in [0.29, 0.717) is 5.56 Å². The highest BCUT2D eigenvalue weighted by Gasteiger charge is 2.22. The van der Waals surface area contributed by atoms with E-state index in [9.17, 15) is 4.79 Å². The third kappa shape index (κ3) is 3.36. The van der Waals surface area contributed by atoms with Crippen molar-refractivity contribution in [2.24, 2.45) is 0 Å². The van der Waals surface area contributed by atoms with E-state index in [-0.39, 0.29) is 5.91 Å². The van der Waals surface area contributed by atoms with Gasteiger partial charge in [0.25, 0.3) is 5.91 Å². The highest BCUT2D eigenvalue weighted by atomic mass is 16.2. The third-order valence-electron chi connectivity index (χ3n) is 5.52. The molecule has 29 heavy (non-hydrogen) atoms. The quantitative estimate of drug-likeness (QED) is 0.538. The molecule has 0 atom stereocenters. The van der Waals surface area contributed by atoms with Crippen molar-refractivity contribution in [3.05, 3.63) is 90.8 Å². The highest BCUT2D eigenvalue weighted by molar-refractivity contribution is 5.97. The maximum atomic E-state index is 13.0. The number of amides is 1. The summed E-state index contributed by atoms with van der Waals surface area (Å²) >= 11 is 0. The number of aromatic nitrogens is 2. The largest absolute Gasteiger partial charge is 0.368 e. The van der Waals surface area contributed by atoms with Crippen LogP contribution in [-0.2, 0) is 0 Å². The Hall–Kier alpha value is -3.60. The van der Waals surface area contributed by atoms with E-state index >= 15 is 0 Å². The monoisotopic (exact) mass is 382 g/mol. The van der Waals surface area contributed by atoms with Gasteiger partial charge in [0.2, 0.25) is 0 Å². The van der Waals surface area contributed by atoms with Crippen LogP contribution >= 0.6 is 0 Å². The second-order valence-electron chi connectivity index (χ2n) is 7.27. The van der Waals surface area contributed by atoms with Gasteiger partial charge < -0.3 is 9.80 Å². The normalized spacial score (nSPS) is 14.3. The van der Waals surface area contributed by atoms with E-state index in [0.717, 1.165) is 42.9 Å². The Balaban J connectivity index is 1.33. The Kier molecular flexibility index (Phi) is 4.48. The first-order valence-corrected chi connectivity index (χ1v) is 9.91. The number of piperazine rings is 1. The number of fused-ring (bicyclic) bond motifs is 1. The Morgan fingerprint density at radius 3 is 2.10 bits per heavy atom. The van der Waals surface area contributed by atoms with Gasteiger partial charge in [0, 0.05) is 43.1 Å². The van der Waals surface area contributed by atoms with Gasteiger partial charge in [-0.25, -0.2) is 4.98 Å². The summed E-state index contributed by atoms with van der Waals surface area (Å²) in [5.74, 6) is 0.0777. The molecule has 5 nitrogen and oxygen atoms in total. The Bertz CT molecular complexity index is 1130. The van der Waals surface area contributed by atoms with E-state index in [2.05, 4.69) is 34.1 Å². The lowest BCUT2D eigenvalue weighted by molar-refractivity contribution is 0.0747. The standard InChI is InChI=1S/C24H22N4O/c29-24(27-15-13-26(14-16-27)20-7-3-1-4-8-20)19-11-12-23-22(17-19)25-18-28(23)21-9-5-2-6-10-21/h1-12,17-18H,13-16H2. The molecule has 3 aromatic carbocycles. The number of nitrogens with zero attached hydrogens (tertiary/aromatic N) is 4. The van der Waals surface area contributed by atoms with Crippen LogP contribution in [-0.4, -0.2) is 46.5 Å². The van der Waals surface area contributed by atoms with Gasteiger partial charge in [0.1, 0.15) is 6.33 Å².